The maximum atomic E-state index is 12.4. The lowest BCUT2D eigenvalue weighted by Crippen LogP contribution is -1.95. The molecule has 3 aromatic carbocycles. The smallest absolute Gasteiger partial charge is 0.187 e. The molecule has 0 bridgehead atoms. The van der Waals surface area contributed by atoms with Crippen molar-refractivity contribution in [2.45, 2.75) is 0 Å². The Morgan fingerprint density at radius 3 is 2.27 bits per heavy atom. The zero-order valence-corrected chi connectivity index (χ0v) is 15.7. The van der Waals surface area contributed by atoms with Crippen molar-refractivity contribution in [1.29, 1.82) is 0 Å². The summed E-state index contributed by atoms with van der Waals surface area (Å²) in [6.07, 6.45) is 3.15. The molecule has 0 spiro atoms. The number of halogens is 3. The molecular formula is C21H13Cl3O2. The van der Waals surface area contributed by atoms with E-state index in [4.69, 9.17) is 39.5 Å². The normalized spacial score (nSPS) is 10.9. The highest BCUT2D eigenvalue weighted by atomic mass is 35.5. The van der Waals surface area contributed by atoms with Crippen molar-refractivity contribution in [3.05, 3.63) is 99.0 Å². The second kappa shape index (κ2) is 8.41. The van der Waals surface area contributed by atoms with E-state index in [0.717, 1.165) is 5.56 Å². The summed E-state index contributed by atoms with van der Waals surface area (Å²) in [6.45, 7) is 0. The van der Waals surface area contributed by atoms with Crippen molar-refractivity contribution >= 4 is 46.7 Å². The summed E-state index contributed by atoms with van der Waals surface area (Å²) in [6, 6.07) is 19.3. The summed E-state index contributed by atoms with van der Waals surface area (Å²) in [4.78, 5) is 12.4. The third kappa shape index (κ3) is 4.67. The summed E-state index contributed by atoms with van der Waals surface area (Å²) < 4.78 is 5.88. The van der Waals surface area contributed by atoms with Crippen LogP contribution in [0.15, 0.2) is 72.8 Å². The van der Waals surface area contributed by atoms with Crippen molar-refractivity contribution in [2.24, 2.45) is 0 Å². The number of hydrogen-bond donors (Lipinski definition) is 0. The van der Waals surface area contributed by atoms with Crippen LogP contribution < -0.4 is 4.74 Å². The fraction of sp³-hybridized carbons (Fsp3) is 0. The minimum absolute atomic E-state index is 0.215. The molecule has 0 radical (unpaired) electrons. The lowest BCUT2D eigenvalue weighted by atomic mass is 10.1. The van der Waals surface area contributed by atoms with Crippen LogP contribution >= 0.6 is 34.8 Å². The van der Waals surface area contributed by atoms with Crippen molar-refractivity contribution < 1.29 is 9.53 Å². The van der Waals surface area contributed by atoms with Gasteiger partial charge in [0.1, 0.15) is 11.5 Å². The summed E-state index contributed by atoms with van der Waals surface area (Å²) >= 11 is 17.8. The fourth-order valence-electron chi connectivity index (χ4n) is 2.29. The van der Waals surface area contributed by atoms with E-state index >= 15 is 0 Å². The topological polar surface area (TPSA) is 26.3 Å². The highest BCUT2D eigenvalue weighted by Gasteiger charge is 2.08. The molecule has 26 heavy (non-hydrogen) atoms. The number of para-hydroxylation sites is 1. The zero-order valence-electron chi connectivity index (χ0n) is 13.5. The average Bonchev–Trinajstić information content (AvgIpc) is 2.62. The number of hydrogen-bond acceptors (Lipinski definition) is 2. The van der Waals surface area contributed by atoms with Gasteiger partial charge in [0.15, 0.2) is 5.78 Å². The molecule has 3 rings (SSSR count). The lowest BCUT2D eigenvalue weighted by Gasteiger charge is -2.08. The minimum Gasteiger partial charge on any atom is -0.457 e. The molecule has 0 aliphatic heterocycles. The SMILES string of the molecule is O=C(C=Cc1ccccc1Oc1ccc(Cl)cc1)c1ccc(Cl)cc1Cl. The van der Waals surface area contributed by atoms with E-state index in [0.29, 0.717) is 32.1 Å². The monoisotopic (exact) mass is 402 g/mol. The van der Waals surface area contributed by atoms with E-state index in [1.807, 2.05) is 24.3 Å². The average molecular weight is 404 g/mol. The van der Waals surface area contributed by atoms with Gasteiger partial charge in [-0.1, -0.05) is 53.0 Å². The molecule has 0 aliphatic carbocycles. The van der Waals surface area contributed by atoms with Gasteiger partial charge in [-0.3, -0.25) is 4.79 Å². The van der Waals surface area contributed by atoms with Gasteiger partial charge in [0.2, 0.25) is 0 Å². The molecule has 0 heterocycles. The number of allylic oxidation sites excluding steroid dienone is 1. The quantitative estimate of drug-likeness (QED) is 0.329. The van der Waals surface area contributed by atoms with Crippen LogP contribution in [0.4, 0.5) is 0 Å². The molecule has 0 aliphatic rings. The van der Waals surface area contributed by atoms with Crippen LogP contribution in [0.1, 0.15) is 15.9 Å². The predicted molar refractivity (Wildman–Crippen MR) is 108 cm³/mol. The molecule has 130 valence electrons. The fourth-order valence-corrected chi connectivity index (χ4v) is 2.91. The van der Waals surface area contributed by atoms with Gasteiger partial charge < -0.3 is 4.74 Å². The lowest BCUT2D eigenvalue weighted by molar-refractivity contribution is 0.104. The molecule has 0 unspecified atom stereocenters. The number of carbonyl (C=O) groups excluding carboxylic acids is 1. The van der Waals surface area contributed by atoms with Gasteiger partial charge in [-0.2, -0.15) is 0 Å². The van der Waals surface area contributed by atoms with E-state index in [1.54, 1.807) is 48.5 Å². The van der Waals surface area contributed by atoms with Gasteiger partial charge in [-0.25, -0.2) is 0 Å². The number of ether oxygens (including phenoxy) is 1. The molecule has 0 saturated carbocycles. The molecule has 0 N–H and O–H groups in total. The van der Waals surface area contributed by atoms with E-state index in [1.165, 1.54) is 6.08 Å². The van der Waals surface area contributed by atoms with Crippen LogP contribution in [0, 0.1) is 0 Å². The Morgan fingerprint density at radius 1 is 0.846 bits per heavy atom. The second-order valence-corrected chi connectivity index (χ2v) is 6.70. The number of benzene rings is 3. The first kappa shape index (κ1) is 18.5. The third-order valence-corrected chi connectivity index (χ3v) is 4.37. The highest BCUT2D eigenvalue weighted by molar-refractivity contribution is 6.37. The molecule has 0 aromatic heterocycles. The van der Waals surface area contributed by atoms with Crippen LogP contribution in [-0.2, 0) is 0 Å². The Balaban J connectivity index is 1.82. The molecule has 0 atom stereocenters. The Bertz CT molecular complexity index is 963. The molecule has 0 fully saturated rings. The molecule has 3 aromatic rings. The number of carbonyl (C=O) groups is 1. The Labute approximate surface area is 166 Å². The highest BCUT2D eigenvalue weighted by Crippen LogP contribution is 2.28. The Hall–Kier alpha value is -2.26. The first-order valence-electron chi connectivity index (χ1n) is 7.73. The summed E-state index contributed by atoms with van der Waals surface area (Å²) in [5.41, 5.74) is 1.16. The Kier molecular flexibility index (Phi) is 6.00. The van der Waals surface area contributed by atoms with Crippen molar-refractivity contribution in [3.63, 3.8) is 0 Å². The van der Waals surface area contributed by atoms with E-state index in [-0.39, 0.29) is 5.78 Å². The molecule has 0 saturated heterocycles. The first-order chi connectivity index (χ1) is 12.5. The van der Waals surface area contributed by atoms with Gasteiger partial charge in [-0.15, -0.1) is 0 Å². The second-order valence-electron chi connectivity index (χ2n) is 5.42. The van der Waals surface area contributed by atoms with Crippen molar-refractivity contribution in [3.8, 4) is 11.5 Å². The van der Waals surface area contributed by atoms with Gasteiger partial charge in [0.05, 0.1) is 5.02 Å². The molecule has 5 heteroatoms. The molecular weight excluding hydrogens is 391 g/mol. The molecule has 0 amide bonds. The summed E-state index contributed by atoms with van der Waals surface area (Å²) in [5.74, 6) is 1.07. The van der Waals surface area contributed by atoms with Crippen LogP contribution in [0.2, 0.25) is 15.1 Å². The van der Waals surface area contributed by atoms with Gasteiger partial charge in [-0.05, 0) is 60.7 Å². The van der Waals surface area contributed by atoms with Crippen LogP contribution in [-0.4, -0.2) is 5.78 Å². The van der Waals surface area contributed by atoms with E-state index < -0.39 is 0 Å². The van der Waals surface area contributed by atoms with Gasteiger partial charge >= 0.3 is 0 Å². The Morgan fingerprint density at radius 2 is 1.54 bits per heavy atom. The van der Waals surface area contributed by atoms with Crippen LogP contribution in [0.3, 0.4) is 0 Å². The van der Waals surface area contributed by atoms with Gasteiger partial charge in [0.25, 0.3) is 0 Å². The maximum absolute atomic E-state index is 12.4. The standard InChI is InChI=1S/C21H13Cl3O2/c22-15-6-9-17(10-7-15)26-21-4-2-1-3-14(21)5-12-20(25)18-11-8-16(23)13-19(18)24/h1-13H. The predicted octanol–water partition coefficient (Wildman–Crippen LogP) is 7.34. The maximum Gasteiger partial charge on any atom is 0.187 e. The number of ketones is 1. The third-order valence-electron chi connectivity index (χ3n) is 3.57. The zero-order chi connectivity index (χ0) is 18.5. The van der Waals surface area contributed by atoms with Crippen LogP contribution in [0.5, 0.6) is 11.5 Å². The molecule has 2 nitrogen and oxygen atoms in total. The largest absolute Gasteiger partial charge is 0.457 e. The first-order valence-corrected chi connectivity index (χ1v) is 8.86. The summed E-state index contributed by atoms with van der Waals surface area (Å²) in [7, 11) is 0. The number of rotatable bonds is 5. The van der Waals surface area contributed by atoms with Crippen molar-refractivity contribution in [2.75, 3.05) is 0 Å². The van der Waals surface area contributed by atoms with E-state index in [9.17, 15) is 4.79 Å². The van der Waals surface area contributed by atoms with Gasteiger partial charge in [0, 0.05) is 21.2 Å². The van der Waals surface area contributed by atoms with E-state index in [2.05, 4.69) is 0 Å². The minimum atomic E-state index is -0.215. The summed E-state index contributed by atoms with van der Waals surface area (Å²) in [5, 5.41) is 1.44. The van der Waals surface area contributed by atoms with Crippen molar-refractivity contribution in [1.82, 2.24) is 0 Å². The van der Waals surface area contributed by atoms with Crippen LogP contribution in [0.25, 0.3) is 6.08 Å².